The quantitative estimate of drug-likeness (QED) is 0.444. The fraction of sp³-hybridized carbons (Fsp3) is 0.474. The Kier molecular flexibility index (Phi) is 4.66. The highest BCUT2D eigenvalue weighted by atomic mass is 16.3. The largest absolute Gasteiger partial charge is 0.494 e. The van der Waals surface area contributed by atoms with Crippen molar-refractivity contribution in [1.29, 1.82) is 0 Å². The highest BCUT2D eigenvalue weighted by Crippen LogP contribution is 2.35. The minimum Gasteiger partial charge on any atom is -0.494 e. The van der Waals surface area contributed by atoms with E-state index in [4.69, 9.17) is 5.84 Å². The molecule has 140 valence electrons. The molecule has 0 spiro atoms. The van der Waals surface area contributed by atoms with Crippen molar-refractivity contribution in [3.8, 4) is 0 Å². The molecule has 7 heteroatoms. The van der Waals surface area contributed by atoms with Crippen LogP contribution in [-0.4, -0.2) is 43.5 Å². The molecule has 1 aliphatic heterocycles. The van der Waals surface area contributed by atoms with Crippen LogP contribution >= 0.6 is 0 Å². The molecule has 26 heavy (non-hydrogen) atoms. The van der Waals surface area contributed by atoms with Gasteiger partial charge in [-0.05, 0) is 37.0 Å². The summed E-state index contributed by atoms with van der Waals surface area (Å²) in [4.78, 5) is 23.2. The average Bonchev–Trinajstić information content (AvgIpc) is 3.19. The molecule has 0 bridgehead atoms. The van der Waals surface area contributed by atoms with Gasteiger partial charge in [-0.15, -0.1) is 0 Å². The van der Waals surface area contributed by atoms with Crippen LogP contribution in [0.15, 0.2) is 36.7 Å². The Hall–Kier alpha value is -2.54. The lowest BCUT2D eigenvalue weighted by Crippen LogP contribution is -2.56. The summed E-state index contributed by atoms with van der Waals surface area (Å²) in [5.74, 6) is 6.31. The maximum absolute atomic E-state index is 13.3. The van der Waals surface area contributed by atoms with Gasteiger partial charge in [0.1, 0.15) is 11.9 Å². The summed E-state index contributed by atoms with van der Waals surface area (Å²) in [5, 5.41) is 10.8. The number of H-pyrrole nitrogens is 1. The van der Waals surface area contributed by atoms with Gasteiger partial charge in [0, 0.05) is 6.54 Å². The van der Waals surface area contributed by atoms with E-state index in [9.17, 15) is 9.90 Å². The molecule has 7 nitrogen and oxygen atoms in total. The fourth-order valence-corrected chi connectivity index (χ4v) is 3.66. The third-order valence-corrected chi connectivity index (χ3v) is 4.89. The summed E-state index contributed by atoms with van der Waals surface area (Å²) in [6, 6.07) is 6.98. The number of aromatic nitrogens is 2. The molecule has 3 rings (SSSR count). The standard InChI is InChI=1S/C19H27N5O2/c1-12(25)24(20)16(19(2,3)4)18(26)23-11-7-10-15(23)17-21-13-8-5-6-9-14(13)22-17/h5-6,8-9,15-16,25H,1,7,10-11,20H2,2-4H3,(H,21,22)/t15-,16+/m0/s1. The van der Waals surface area contributed by atoms with Crippen molar-refractivity contribution >= 4 is 16.9 Å². The third kappa shape index (κ3) is 3.26. The van der Waals surface area contributed by atoms with Crippen LogP contribution in [-0.2, 0) is 4.79 Å². The van der Waals surface area contributed by atoms with Crippen molar-refractivity contribution in [2.75, 3.05) is 6.54 Å². The maximum atomic E-state index is 13.3. The van der Waals surface area contributed by atoms with Crippen LogP contribution in [0.4, 0.5) is 0 Å². The van der Waals surface area contributed by atoms with Gasteiger partial charge < -0.3 is 15.0 Å². The number of aromatic amines is 1. The number of aliphatic hydroxyl groups is 1. The van der Waals surface area contributed by atoms with E-state index in [1.165, 1.54) is 0 Å². The summed E-state index contributed by atoms with van der Waals surface area (Å²) in [5.41, 5.74) is 1.37. The number of carbonyl (C=O) groups is 1. The van der Waals surface area contributed by atoms with Gasteiger partial charge in [-0.1, -0.05) is 32.9 Å². The maximum Gasteiger partial charge on any atom is 0.248 e. The second kappa shape index (κ2) is 6.64. The summed E-state index contributed by atoms with van der Waals surface area (Å²) in [6.45, 7) is 9.87. The molecule has 1 aliphatic rings. The number of rotatable bonds is 4. The van der Waals surface area contributed by atoms with E-state index < -0.39 is 11.5 Å². The molecule has 0 aliphatic carbocycles. The van der Waals surface area contributed by atoms with E-state index >= 15 is 0 Å². The van der Waals surface area contributed by atoms with E-state index in [0.29, 0.717) is 6.54 Å². The SMILES string of the molecule is C=C(O)N(N)[C@H](C(=O)N1CCC[C@H]1c1nc2ccccc2[nH]1)C(C)(C)C. The lowest BCUT2D eigenvalue weighted by atomic mass is 9.85. The number of nitrogens with zero attached hydrogens (tertiary/aromatic N) is 3. The topological polar surface area (TPSA) is 98.5 Å². The Morgan fingerprint density at radius 3 is 2.77 bits per heavy atom. The first-order valence-corrected chi connectivity index (χ1v) is 8.87. The summed E-state index contributed by atoms with van der Waals surface area (Å²) in [6.07, 6.45) is 1.74. The molecule has 1 saturated heterocycles. The molecule has 4 N–H and O–H groups in total. The van der Waals surface area contributed by atoms with Crippen molar-refractivity contribution in [2.45, 2.75) is 45.7 Å². The van der Waals surface area contributed by atoms with Gasteiger partial charge in [-0.25, -0.2) is 10.8 Å². The summed E-state index contributed by atoms with van der Waals surface area (Å²) < 4.78 is 0. The first-order chi connectivity index (χ1) is 12.2. The molecule has 2 aromatic rings. The smallest absolute Gasteiger partial charge is 0.248 e. The van der Waals surface area contributed by atoms with Crippen LogP contribution in [0.5, 0.6) is 0 Å². The van der Waals surface area contributed by atoms with Crippen molar-refractivity contribution in [2.24, 2.45) is 11.3 Å². The Balaban J connectivity index is 1.92. The molecular formula is C19H27N5O2. The molecule has 0 saturated carbocycles. The van der Waals surface area contributed by atoms with E-state index in [0.717, 1.165) is 34.7 Å². The third-order valence-electron chi connectivity index (χ3n) is 4.89. The van der Waals surface area contributed by atoms with Crippen LogP contribution in [0.3, 0.4) is 0 Å². The first kappa shape index (κ1) is 18.3. The first-order valence-electron chi connectivity index (χ1n) is 8.87. The summed E-state index contributed by atoms with van der Waals surface area (Å²) >= 11 is 0. The molecule has 1 fully saturated rings. The van der Waals surface area contributed by atoms with Crippen LogP contribution in [0, 0.1) is 5.41 Å². The highest BCUT2D eigenvalue weighted by molar-refractivity contribution is 5.84. The number of imidazole rings is 1. The number of hydrogen-bond acceptors (Lipinski definition) is 5. The number of hydrogen-bond donors (Lipinski definition) is 3. The second-order valence-electron chi connectivity index (χ2n) is 7.92. The molecule has 1 amide bonds. The van der Waals surface area contributed by atoms with Gasteiger partial charge in [0.2, 0.25) is 5.91 Å². The number of aliphatic hydroxyl groups excluding tert-OH is 1. The Labute approximate surface area is 153 Å². The van der Waals surface area contributed by atoms with Crippen LogP contribution < -0.4 is 5.84 Å². The molecule has 0 radical (unpaired) electrons. The number of amides is 1. The average molecular weight is 357 g/mol. The van der Waals surface area contributed by atoms with Crippen LogP contribution in [0.1, 0.15) is 45.5 Å². The normalized spacial score (nSPS) is 18.9. The van der Waals surface area contributed by atoms with Crippen LogP contribution in [0.25, 0.3) is 11.0 Å². The lowest BCUT2D eigenvalue weighted by molar-refractivity contribution is -0.142. The van der Waals surface area contributed by atoms with Crippen molar-refractivity contribution in [3.05, 3.63) is 42.6 Å². The van der Waals surface area contributed by atoms with E-state index in [2.05, 4.69) is 16.5 Å². The van der Waals surface area contributed by atoms with Gasteiger partial charge >= 0.3 is 0 Å². The fourth-order valence-electron chi connectivity index (χ4n) is 3.66. The molecule has 0 unspecified atom stereocenters. The zero-order valence-corrected chi connectivity index (χ0v) is 15.6. The van der Waals surface area contributed by atoms with E-state index in [1.807, 2.05) is 49.9 Å². The number of hydrazine groups is 1. The van der Waals surface area contributed by atoms with E-state index in [1.54, 1.807) is 0 Å². The van der Waals surface area contributed by atoms with Gasteiger partial charge in [0.15, 0.2) is 5.88 Å². The second-order valence-corrected chi connectivity index (χ2v) is 7.92. The van der Waals surface area contributed by atoms with Crippen molar-refractivity contribution in [3.63, 3.8) is 0 Å². The Bertz CT molecular complexity index is 790. The van der Waals surface area contributed by atoms with Crippen molar-refractivity contribution < 1.29 is 9.90 Å². The number of nitrogens with two attached hydrogens (primary N) is 1. The Morgan fingerprint density at radius 2 is 2.15 bits per heavy atom. The zero-order valence-electron chi connectivity index (χ0n) is 15.6. The minimum absolute atomic E-state index is 0.125. The number of carbonyl (C=O) groups excluding carboxylic acids is 1. The monoisotopic (exact) mass is 357 g/mol. The minimum atomic E-state index is -0.718. The van der Waals surface area contributed by atoms with E-state index in [-0.39, 0.29) is 17.8 Å². The lowest BCUT2D eigenvalue weighted by Gasteiger charge is -2.39. The zero-order chi connectivity index (χ0) is 19.1. The molecule has 2 heterocycles. The molecular weight excluding hydrogens is 330 g/mol. The van der Waals surface area contributed by atoms with Gasteiger partial charge in [0.25, 0.3) is 0 Å². The number of para-hydroxylation sites is 2. The highest BCUT2D eigenvalue weighted by Gasteiger charge is 2.43. The van der Waals surface area contributed by atoms with Crippen LogP contribution in [0.2, 0.25) is 0 Å². The number of fused-ring (bicyclic) bond motifs is 1. The number of likely N-dealkylation sites (tertiary alicyclic amines) is 1. The molecule has 1 aromatic heterocycles. The summed E-state index contributed by atoms with van der Waals surface area (Å²) in [7, 11) is 0. The molecule has 1 aromatic carbocycles. The Morgan fingerprint density at radius 1 is 1.46 bits per heavy atom. The van der Waals surface area contributed by atoms with Crippen molar-refractivity contribution in [1.82, 2.24) is 19.9 Å². The predicted octanol–water partition coefficient (Wildman–Crippen LogP) is 2.85. The number of benzene rings is 1. The van der Waals surface area contributed by atoms with Gasteiger partial charge in [-0.3, -0.25) is 9.80 Å². The van der Waals surface area contributed by atoms with Gasteiger partial charge in [-0.2, -0.15) is 0 Å². The van der Waals surface area contributed by atoms with Gasteiger partial charge in [0.05, 0.1) is 17.1 Å². The predicted molar refractivity (Wildman–Crippen MR) is 101 cm³/mol. The number of nitrogens with one attached hydrogen (secondary N) is 1. The molecule has 2 atom stereocenters.